The average molecular weight is 300 g/mol. The number of imide groups is 1. The van der Waals surface area contributed by atoms with Crippen LogP contribution in [0, 0.1) is 11.3 Å². The van der Waals surface area contributed by atoms with Gasteiger partial charge in [0, 0.05) is 19.4 Å². The third-order valence-electron chi connectivity index (χ3n) is 3.34. The first kappa shape index (κ1) is 15.7. The summed E-state index contributed by atoms with van der Waals surface area (Å²) >= 11 is 0. The Balaban J connectivity index is 1.77. The number of fused-ring (bicyclic) bond motifs is 1. The van der Waals surface area contributed by atoms with E-state index in [1.165, 1.54) is 0 Å². The van der Waals surface area contributed by atoms with Gasteiger partial charge in [-0.25, -0.2) is 0 Å². The van der Waals surface area contributed by atoms with Crippen molar-refractivity contribution in [2.24, 2.45) is 0 Å². The standard InChI is InChI=1S/C16H16N2O4/c17-9-3-4-11-22-14(19)8-5-10-18-15(20)12-6-1-2-7-13(12)16(18)21/h1-2,6-7H,3-5,8,10-11H2. The highest BCUT2D eigenvalue weighted by Crippen LogP contribution is 2.22. The summed E-state index contributed by atoms with van der Waals surface area (Å²) in [4.78, 5) is 36.8. The summed E-state index contributed by atoms with van der Waals surface area (Å²) in [5.41, 5.74) is 0.818. The zero-order valence-electron chi connectivity index (χ0n) is 12.1. The molecule has 0 aromatic heterocycles. The van der Waals surface area contributed by atoms with Gasteiger partial charge in [0.05, 0.1) is 23.8 Å². The minimum atomic E-state index is -0.380. The quantitative estimate of drug-likeness (QED) is 0.436. The molecule has 0 fully saturated rings. The minimum absolute atomic E-state index is 0.139. The smallest absolute Gasteiger partial charge is 0.305 e. The number of rotatable bonds is 7. The molecule has 6 nitrogen and oxygen atoms in total. The topological polar surface area (TPSA) is 87.5 Å². The molecular formula is C16H16N2O4. The second kappa shape index (κ2) is 7.36. The molecule has 1 aliphatic rings. The van der Waals surface area contributed by atoms with Crippen LogP contribution >= 0.6 is 0 Å². The molecular weight excluding hydrogens is 284 g/mol. The number of carbonyl (C=O) groups excluding carboxylic acids is 3. The van der Waals surface area contributed by atoms with E-state index in [0.29, 0.717) is 30.4 Å². The first-order chi connectivity index (χ1) is 10.6. The number of nitriles is 1. The molecule has 1 aromatic carbocycles. The van der Waals surface area contributed by atoms with Crippen LogP contribution in [0.3, 0.4) is 0 Å². The Morgan fingerprint density at radius 3 is 2.36 bits per heavy atom. The molecule has 0 radical (unpaired) electrons. The molecule has 0 N–H and O–H groups in total. The largest absolute Gasteiger partial charge is 0.466 e. The predicted octanol–water partition coefficient (Wildman–Crippen LogP) is 1.91. The lowest BCUT2D eigenvalue weighted by molar-refractivity contribution is -0.143. The van der Waals surface area contributed by atoms with Crippen molar-refractivity contribution in [1.82, 2.24) is 4.90 Å². The molecule has 2 amide bonds. The van der Waals surface area contributed by atoms with E-state index in [0.717, 1.165) is 4.90 Å². The third-order valence-corrected chi connectivity index (χ3v) is 3.34. The van der Waals surface area contributed by atoms with Crippen molar-refractivity contribution in [3.8, 4) is 6.07 Å². The Kier molecular flexibility index (Phi) is 5.26. The van der Waals surface area contributed by atoms with Crippen molar-refractivity contribution in [1.29, 1.82) is 5.26 Å². The van der Waals surface area contributed by atoms with Crippen LogP contribution in [0.2, 0.25) is 0 Å². The predicted molar refractivity (Wildman–Crippen MR) is 76.8 cm³/mol. The van der Waals surface area contributed by atoms with E-state index >= 15 is 0 Å². The van der Waals surface area contributed by atoms with Crippen LogP contribution in [-0.4, -0.2) is 35.8 Å². The summed E-state index contributed by atoms with van der Waals surface area (Å²) in [6.45, 7) is 0.416. The number of nitrogens with zero attached hydrogens (tertiary/aromatic N) is 2. The monoisotopic (exact) mass is 300 g/mol. The van der Waals surface area contributed by atoms with Gasteiger partial charge in [-0.2, -0.15) is 5.26 Å². The van der Waals surface area contributed by atoms with Gasteiger partial charge in [-0.3, -0.25) is 19.3 Å². The number of hydrogen-bond acceptors (Lipinski definition) is 5. The molecule has 2 rings (SSSR count). The highest BCUT2D eigenvalue weighted by Gasteiger charge is 2.34. The third kappa shape index (κ3) is 3.50. The van der Waals surface area contributed by atoms with Crippen LogP contribution in [-0.2, 0) is 9.53 Å². The summed E-state index contributed by atoms with van der Waals surface area (Å²) < 4.78 is 4.95. The van der Waals surface area contributed by atoms with E-state index in [4.69, 9.17) is 10.00 Å². The number of amides is 2. The summed E-state index contributed by atoms with van der Waals surface area (Å²) in [5, 5.41) is 8.36. The van der Waals surface area contributed by atoms with Gasteiger partial charge < -0.3 is 4.74 Å². The fourth-order valence-electron chi connectivity index (χ4n) is 2.23. The summed E-state index contributed by atoms with van der Waals surface area (Å²) in [5.74, 6) is -1.01. The van der Waals surface area contributed by atoms with Crippen LogP contribution in [0.5, 0.6) is 0 Å². The second-order valence-corrected chi connectivity index (χ2v) is 4.89. The number of hydrogen-bond donors (Lipinski definition) is 0. The molecule has 114 valence electrons. The van der Waals surface area contributed by atoms with Crippen molar-refractivity contribution in [2.75, 3.05) is 13.2 Å². The van der Waals surface area contributed by atoms with Crippen LogP contribution < -0.4 is 0 Å². The molecule has 0 unspecified atom stereocenters. The minimum Gasteiger partial charge on any atom is -0.466 e. The number of unbranched alkanes of at least 4 members (excludes halogenated alkanes) is 1. The first-order valence-corrected chi connectivity index (χ1v) is 7.13. The van der Waals surface area contributed by atoms with Gasteiger partial charge >= 0.3 is 5.97 Å². The van der Waals surface area contributed by atoms with Crippen LogP contribution in [0.25, 0.3) is 0 Å². The molecule has 0 spiro atoms. The molecule has 1 heterocycles. The fourth-order valence-corrected chi connectivity index (χ4v) is 2.23. The highest BCUT2D eigenvalue weighted by molar-refractivity contribution is 6.21. The molecule has 0 atom stereocenters. The van der Waals surface area contributed by atoms with Crippen molar-refractivity contribution in [3.05, 3.63) is 35.4 Å². The Hall–Kier alpha value is -2.68. The fraction of sp³-hybridized carbons (Fsp3) is 0.375. The lowest BCUT2D eigenvalue weighted by Crippen LogP contribution is -2.31. The Bertz CT molecular complexity index is 598. The van der Waals surface area contributed by atoms with E-state index in [1.807, 2.05) is 6.07 Å². The van der Waals surface area contributed by atoms with Crippen molar-refractivity contribution >= 4 is 17.8 Å². The number of benzene rings is 1. The van der Waals surface area contributed by atoms with Gasteiger partial charge in [-0.05, 0) is 25.0 Å². The Labute approximate surface area is 128 Å². The Morgan fingerprint density at radius 1 is 1.14 bits per heavy atom. The Morgan fingerprint density at radius 2 is 1.77 bits per heavy atom. The normalized spacial score (nSPS) is 13.0. The second-order valence-electron chi connectivity index (χ2n) is 4.89. The maximum atomic E-state index is 12.1. The van der Waals surface area contributed by atoms with E-state index in [9.17, 15) is 14.4 Å². The van der Waals surface area contributed by atoms with E-state index in [1.54, 1.807) is 24.3 Å². The first-order valence-electron chi connectivity index (χ1n) is 7.13. The van der Waals surface area contributed by atoms with Crippen LogP contribution in [0.15, 0.2) is 24.3 Å². The zero-order chi connectivity index (χ0) is 15.9. The molecule has 0 aliphatic carbocycles. The van der Waals surface area contributed by atoms with E-state index < -0.39 is 0 Å². The molecule has 0 bridgehead atoms. The van der Waals surface area contributed by atoms with Gasteiger partial charge in [-0.1, -0.05) is 12.1 Å². The lowest BCUT2D eigenvalue weighted by Gasteiger charge is -2.13. The van der Waals surface area contributed by atoms with Gasteiger partial charge in [0.15, 0.2) is 0 Å². The average Bonchev–Trinajstić information content (AvgIpc) is 2.77. The number of carbonyl (C=O) groups is 3. The van der Waals surface area contributed by atoms with E-state index in [2.05, 4.69) is 0 Å². The van der Waals surface area contributed by atoms with Gasteiger partial charge in [0.1, 0.15) is 0 Å². The zero-order valence-corrected chi connectivity index (χ0v) is 12.1. The van der Waals surface area contributed by atoms with Crippen molar-refractivity contribution < 1.29 is 19.1 Å². The summed E-state index contributed by atoms with van der Waals surface area (Å²) in [7, 11) is 0. The SMILES string of the molecule is N#CCCCOC(=O)CCCN1C(=O)c2ccccc2C1=O. The summed E-state index contributed by atoms with van der Waals surface area (Å²) in [6.07, 6.45) is 1.37. The van der Waals surface area contributed by atoms with Crippen molar-refractivity contribution in [3.63, 3.8) is 0 Å². The lowest BCUT2D eigenvalue weighted by atomic mass is 10.1. The molecule has 0 saturated carbocycles. The van der Waals surface area contributed by atoms with Crippen molar-refractivity contribution in [2.45, 2.75) is 25.7 Å². The van der Waals surface area contributed by atoms with E-state index in [-0.39, 0.29) is 37.4 Å². The molecule has 6 heteroatoms. The molecule has 0 saturated heterocycles. The van der Waals surface area contributed by atoms with Gasteiger partial charge in [0.25, 0.3) is 11.8 Å². The maximum Gasteiger partial charge on any atom is 0.305 e. The van der Waals surface area contributed by atoms with Gasteiger partial charge in [0.2, 0.25) is 0 Å². The number of ether oxygens (including phenoxy) is 1. The van der Waals surface area contributed by atoms with Crippen LogP contribution in [0.4, 0.5) is 0 Å². The highest BCUT2D eigenvalue weighted by atomic mass is 16.5. The number of esters is 1. The molecule has 1 aliphatic heterocycles. The summed E-state index contributed by atoms with van der Waals surface area (Å²) in [6, 6.07) is 8.64. The maximum absolute atomic E-state index is 12.1. The molecule has 22 heavy (non-hydrogen) atoms. The van der Waals surface area contributed by atoms with Crippen LogP contribution in [0.1, 0.15) is 46.4 Å². The molecule has 1 aromatic rings. The van der Waals surface area contributed by atoms with Gasteiger partial charge in [-0.15, -0.1) is 0 Å².